The molecule has 0 saturated heterocycles. The Morgan fingerprint density at radius 3 is 2.31 bits per heavy atom. The van der Waals surface area contributed by atoms with Gasteiger partial charge in [-0.1, -0.05) is 24.3 Å². The molecule has 4 aliphatic rings. The second-order valence-electron chi connectivity index (χ2n) is 9.87. The maximum Gasteiger partial charge on any atom is 0.266 e. The van der Waals surface area contributed by atoms with Crippen LogP contribution in [0.25, 0.3) is 6.08 Å². The van der Waals surface area contributed by atoms with Gasteiger partial charge in [-0.25, -0.2) is 0 Å². The third-order valence-electron chi connectivity index (χ3n) is 7.54. The second kappa shape index (κ2) is 7.98. The molecule has 0 aliphatic heterocycles. The topological polar surface area (TPSA) is 62.1 Å². The Balaban J connectivity index is 1.31. The first-order chi connectivity index (χ1) is 15.4. The normalized spacial score (nSPS) is 30.6. The van der Waals surface area contributed by atoms with Crippen LogP contribution < -0.4 is 10.1 Å². The fourth-order valence-electron chi connectivity index (χ4n) is 6.61. The Morgan fingerprint density at radius 1 is 1.09 bits per heavy atom. The maximum absolute atomic E-state index is 12.7. The lowest BCUT2D eigenvalue weighted by Crippen LogP contribution is -2.55. The molecule has 4 aliphatic carbocycles. The number of benzene rings is 2. The number of carbonyl (C=O) groups is 1. The smallest absolute Gasteiger partial charge is 0.266 e. The number of alkyl halides is 1. The van der Waals surface area contributed by atoms with Gasteiger partial charge in [-0.05, 0) is 97.2 Å². The van der Waals surface area contributed by atoms with Gasteiger partial charge in [-0.2, -0.15) is 5.26 Å². The molecule has 4 bridgehead atoms. The van der Waals surface area contributed by atoms with Crippen LogP contribution in [0.1, 0.15) is 49.7 Å². The third-order valence-corrected chi connectivity index (χ3v) is 7.98. The molecular weight excluding hydrogens is 420 g/mol. The van der Waals surface area contributed by atoms with Crippen LogP contribution in [-0.2, 0) is 10.2 Å². The van der Waals surface area contributed by atoms with E-state index in [0.29, 0.717) is 5.69 Å². The number of nitrogens with zero attached hydrogens (tertiary/aromatic N) is 1. The molecule has 4 saturated carbocycles. The molecular formula is C27H27ClN2O2. The Hall–Kier alpha value is -2.77. The van der Waals surface area contributed by atoms with Gasteiger partial charge in [0, 0.05) is 10.6 Å². The van der Waals surface area contributed by atoms with E-state index in [9.17, 15) is 10.1 Å². The van der Waals surface area contributed by atoms with Gasteiger partial charge in [0.25, 0.3) is 5.91 Å². The lowest BCUT2D eigenvalue weighted by molar-refractivity contribution is -0.112. The molecule has 1 amide bonds. The Morgan fingerprint density at radius 2 is 1.75 bits per heavy atom. The Kier molecular flexibility index (Phi) is 5.26. The molecule has 4 fully saturated rings. The highest BCUT2D eigenvalue weighted by molar-refractivity contribution is 6.24. The zero-order valence-corrected chi connectivity index (χ0v) is 19.0. The lowest BCUT2D eigenvalue weighted by atomic mass is 9.47. The molecule has 2 atom stereocenters. The van der Waals surface area contributed by atoms with Crippen LogP contribution in [0.2, 0.25) is 0 Å². The molecule has 1 N–H and O–H groups in total. The summed E-state index contributed by atoms with van der Waals surface area (Å²) in [6.45, 7) is 0. The van der Waals surface area contributed by atoms with Gasteiger partial charge >= 0.3 is 0 Å². The number of methoxy groups -OCH3 is 1. The quantitative estimate of drug-likeness (QED) is 0.344. The molecule has 0 aromatic heterocycles. The minimum Gasteiger partial charge on any atom is -0.497 e. The third kappa shape index (κ3) is 3.91. The number of hydrogen-bond donors (Lipinski definition) is 1. The fourth-order valence-corrected chi connectivity index (χ4v) is 7.30. The van der Waals surface area contributed by atoms with E-state index in [-0.39, 0.29) is 15.9 Å². The summed E-state index contributed by atoms with van der Waals surface area (Å²) < 4.78 is 5.15. The number of carbonyl (C=O) groups excluding carboxylic acids is 1. The van der Waals surface area contributed by atoms with Crippen LogP contribution in [0.5, 0.6) is 5.75 Å². The number of rotatable bonds is 5. The van der Waals surface area contributed by atoms with Crippen molar-refractivity contribution in [3.05, 3.63) is 65.2 Å². The van der Waals surface area contributed by atoms with Crippen LogP contribution in [0.4, 0.5) is 5.69 Å². The van der Waals surface area contributed by atoms with Crippen molar-refractivity contribution in [2.24, 2.45) is 11.8 Å². The van der Waals surface area contributed by atoms with E-state index >= 15 is 0 Å². The van der Waals surface area contributed by atoms with Gasteiger partial charge in [0.15, 0.2) is 0 Å². The van der Waals surface area contributed by atoms with Crippen molar-refractivity contribution in [1.82, 2.24) is 0 Å². The predicted molar refractivity (Wildman–Crippen MR) is 127 cm³/mol. The van der Waals surface area contributed by atoms with E-state index < -0.39 is 5.91 Å². The van der Waals surface area contributed by atoms with E-state index in [1.165, 1.54) is 37.7 Å². The molecule has 0 radical (unpaired) electrons. The summed E-state index contributed by atoms with van der Waals surface area (Å²) in [4.78, 5) is 12.7. The highest BCUT2D eigenvalue weighted by atomic mass is 35.5. The van der Waals surface area contributed by atoms with Gasteiger partial charge in [0.2, 0.25) is 0 Å². The summed E-state index contributed by atoms with van der Waals surface area (Å²) in [6, 6.07) is 17.4. The van der Waals surface area contributed by atoms with Gasteiger partial charge < -0.3 is 10.1 Å². The minimum atomic E-state index is -0.411. The number of halogens is 1. The van der Waals surface area contributed by atoms with Crippen molar-refractivity contribution in [3.63, 3.8) is 0 Å². The van der Waals surface area contributed by atoms with E-state index in [1.807, 2.05) is 30.3 Å². The molecule has 0 heterocycles. The van der Waals surface area contributed by atoms with Gasteiger partial charge in [0.05, 0.1) is 7.11 Å². The van der Waals surface area contributed by atoms with Gasteiger partial charge in [-0.15, -0.1) is 11.6 Å². The SMILES string of the molecule is COc1ccc(C=C(C#N)C(=O)Nc2ccc(C34CC5CC(CC(Cl)(C5)C3)C4)cc2)cc1. The highest BCUT2D eigenvalue weighted by Crippen LogP contribution is 2.64. The molecule has 32 heavy (non-hydrogen) atoms. The number of nitriles is 1. The van der Waals surface area contributed by atoms with E-state index in [1.54, 1.807) is 25.3 Å². The summed E-state index contributed by atoms with van der Waals surface area (Å²) in [5, 5.41) is 12.3. The molecule has 6 rings (SSSR count). The van der Waals surface area contributed by atoms with Crippen molar-refractivity contribution >= 4 is 29.3 Å². The van der Waals surface area contributed by atoms with Crippen LogP contribution >= 0.6 is 11.6 Å². The predicted octanol–water partition coefficient (Wildman–Crippen LogP) is 6.07. The first kappa shape index (κ1) is 21.1. The second-order valence-corrected chi connectivity index (χ2v) is 10.7. The average molecular weight is 447 g/mol. The first-order valence-corrected chi connectivity index (χ1v) is 11.6. The largest absolute Gasteiger partial charge is 0.497 e. The number of hydrogen-bond acceptors (Lipinski definition) is 3. The average Bonchev–Trinajstić information content (AvgIpc) is 2.76. The zero-order chi connectivity index (χ0) is 22.3. The molecule has 164 valence electrons. The first-order valence-electron chi connectivity index (χ1n) is 11.3. The molecule has 2 aromatic carbocycles. The van der Waals surface area contributed by atoms with Crippen molar-refractivity contribution < 1.29 is 9.53 Å². The summed E-state index contributed by atoms with van der Waals surface area (Å²) in [6.07, 6.45) is 8.76. The number of ether oxygens (including phenoxy) is 1. The van der Waals surface area contributed by atoms with Crippen molar-refractivity contribution in [2.75, 3.05) is 12.4 Å². The van der Waals surface area contributed by atoms with E-state index in [4.69, 9.17) is 16.3 Å². The summed E-state index contributed by atoms with van der Waals surface area (Å²) >= 11 is 7.00. The number of nitrogens with one attached hydrogen (secondary N) is 1. The Bertz CT molecular complexity index is 1080. The lowest BCUT2D eigenvalue weighted by Gasteiger charge is -2.60. The molecule has 4 nitrogen and oxygen atoms in total. The minimum absolute atomic E-state index is 0.0229. The van der Waals surface area contributed by atoms with Gasteiger partial charge in [-0.3, -0.25) is 4.79 Å². The monoisotopic (exact) mass is 446 g/mol. The Labute approximate surface area is 194 Å². The van der Waals surface area contributed by atoms with Gasteiger partial charge in [0.1, 0.15) is 17.4 Å². The maximum atomic E-state index is 12.7. The van der Waals surface area contributed by atoms with E-state index in [0.717, 1.165) is 29.6 Å². The molecule has 0 spiro atoms. The fraction of sp³-hybridized carbons (Fsp3) is 0.407. The van der Waals surface area contributed by atoms with Crippen LogP contribution in [0.3, 0.4) is 0 Å². The highest BCUT2D eigenvalue weighted by Gasteiger charge is 2.57. The van der Waals surface area contributed by atoms with Crippen molar-refractivity contribution in [3.8, 4) is 11.8 Å². The molecule has 5 heteroatoms. The van der Waals surface area contributed by atoms with Crippen molar-refractivity contribution in [2.45, 2.75) is 48.8 Å². The summed E-state index contributed by atoms with van der Waals surface area (Å²) in [5.41, 5.74) is 3.04. The van der Waals surface area contributed by atoms with Crippen LogP contribution in [0, 0.1) is 23.2 Å². The molecule has 2 unspecified atom stereocenters. The van der Waals surface area contributed by atoms with Crippen LogP contribution in [-0.4, -0.2) is 17.9 Å². The van der Waals surface area contributed by atoms with E-state index in [2.05, 4.69) is 17.4 Å². The number of anilines is 1. The standard InChI is InChI=1S/C27H27ClN2O2/c1-32-24-8-2-18(3-9-24)11-21(16-29)25(31)30-23-6-4-22(5-7-23)26-12-19-10-20(13-26)15-27(28,14-19)17-26/h2-9,11,19-20H,10,12-15,17H2,1H3,(H,30,31). The zero-order valence-electron chi connectivity index (χ0n) is 18.2. The van der Waals surface area contributed by atoms with Crippen molar-refractivity contribution in [1.29, 1.82) is 5.26 Å². The number of amides is 1. The molecule has 2 aromatic rings. The summed E-state index contributed by atoms with van der Waals surface area (Å²) in [5.74, 6) is 1.80. The summed E-state index contributed by atoms with van der Waals surface area (Å²) in [7, 11) is 1.60. The van der Waals surface area contributed by atoms with Crippen LogP contribution in [0.15, 0.2) is 54.1 Å².